The molecule has 1 aromatic rings. The number of nitrogen functional groups attached to an aromatic ring is 1. The smallest absolute Gasteiger partial charge is 0.233 e. The number of carbonyl (C=O) groups excluding carboxylic acids is 2. The summed E-state index contributed by atoms with van der Waals surface area (Å²) in [6.07, 6.45) is 2.73. The van der Waals surface area contributed by atoms with Crippen LogP contribution in [-0.2, 0) is 16.1 Å². The number of rotatable bonds is 2. The van der Waals surface area contributed by atoms with Gasteiger partial charge in [-0.2, -0.15) is 0 Å². The van der Waals surface area contributed by atoms with Gasteiger partial charge in [0, 0.05) is 5.69 Å². The van der Waals surface area contributed by atoms with Crippen molar-refractivity contribution in [2.75, 3.05) is 5.73 Å². The van der Waals surface area contributed by atoms with Crippen molar-refractivity contribution in [2.45, 2.75) is 25.8 Å². The largest absolute Gasteiger partial charge is 0.399 e. The molecule has 1 aliphatic heterocycles. The van der Waals surface area contributed by atoms with E-state index in [1.807, 2.05) is 18.2 Å². The average Bonchev–Trinajstić information content (AvgIpc) is 2.90. The topological polar surface area (TPSA) is 63.4 Å². The van der Waals surface area contributed by atoms with Crippen LogP contribution in [0, 0.1) is 11.8 Å². The van der Waals surface area contributed by atoms with Crippen LogP contribution in [0.3, 0.4) is 0 Å². The van der Waals surface area contributed by atoms with Gasteiger partial charge in [-0.25, -0.2) is 0 Å². The zero-order chi connectivity index (χ0) is 12.7. The molecule has 3 rings (SSSR count). The van der Waals surface area contributed by atoms with Gasteiger partial charge in [0.05, 0.1) is 18.4 Å². The molecule has 94 valence electrons. The number of likely N-dealkylation sites (tertiary alicyclic amines) is 1. The van der Waals surface area contributed by atoms with E-state index in [4.69, 9.17) is 5.73 Å². The summed E-state index contributed by atoms with van der Waals surface area (Å²) in [5, 5.41) is 0. The molecule has 18 heavy (non-hydrogen) atoms. The number of carbonyl (C=O) groups is 2. The number of nitrogens with two attached hydrogens (primary N) is 1. The Hall–Kier alpha value is -1.84. The highest BCUT2D eigenvalue weighted by molar-refractivity contribution is 6.05. The van der Waals surface area contributed by atoms with Crippen LogP contribution in [0.5, 0.6) is 0 Å². The third-order valence-corrected chi connectivity index (χ3v) is 3.97. The molecule has 4 nitrogen and oxygen atoms in total. The zero-order valence-corrected chi connectivity index (χ0v) is 10.1. The van der Waals surface area contributed by atoms with Gasteiger partial charge in [0.1, 0.15) is 0 Å². The molecule has 1 aromatic carbocycles. The molecule has 1 saturated carbocycles. The average molecular weight is 244 g/mol. The molecule has 4 heteroatoms. The van der Waals surface area contributed by atoms with Crippen LogP contribution in [-0.4, -0.2) is 16.7 Å². The van der Waals surface area contributed by atoms with E-state index >= 15 is 0 Å². The molecular weight excluding hydrogens is 228 g/mol. The van der Waals surface area contributed by atoms with Gasteiger partial charge in [0.25, 0.3) is 0 Å². The maximum absolute atomic E-state index is 12.2. The monoisotopic (exact) mass is 244 g/mol. The lowest BCUT2D eigenvalue weighted by Crippen LogP contribution is -2.31. The second-order valence-electron chi connectivity index (χ2n) is 5.15. The Morgan fingerprint density at radius 2 is 1.83 bits per heavy atom. The van der Waals surface area contributed by atoms with Crippen molar-refractivity contribution in [3.8, 4) is 0 Å². The lowest BCUT2D eigenvalue weighted by Gasteiger charge is -2.16. The Balaban J connectivity index is 1.81. The quantitative estimate of drug-likeness (QED) is 0.634. The summed E-state index contributed by atoms with van der Waals surface area (Å²) in [5.41, 5.74) is 7.28. The molecule has 1 saturated heterocycles. The minimum absolute atomic E-state index is 0.00456. The number of imide groups is 1. The normalized spacial score (nSPS) is 26.8. The molecule has 0 radical (unpaired) electrons. The number of benzene rings is 1. The van der Waals surface area contributed by atoms with E-state index in [1.54, 1.807) is 6.07 Å². The van der Waals surface area contributed by atoms with E-state index in [2.05, 4.69) is 0 Å². The number of anilines is 1. The molecule has 2 N–H and O–H groups in total. The lowest BCUT2D eigenvalue weighted by molar-refractivity contribution is -0.141. The van der Waals surface area contributed by atoms with Crippen LogP contribution >= 0.6 is 0 Å². The molecule has 0 aromatic heterocycles. The number of hydrogen-bond acceptors (Lipinski definition) is 3. The summed E-state index contributed by atoms with van der Waals surface area (Å²) < 4.78 is 0. The first-order valence-corrected chi connectivity index (χ1v) is 6.36. The first-order valence-electron chi connectivity index (χ1n) is 6.36. The highest BCUT2D eigenvalue weighted by Gasteiger charge is 2.49. The highest BCUT2D eigenvalue weighted by Crippen LogP contribution is 2.40. The van der Waals surface area contributed by atoms with Gasteiger partial charge in [0.15, 0.2) is 0 Å². The van der Waals surface area contributed by atoms with Crippen molar-refractivity contribution in [3.63, 3.8) is 0 Å². The van der Waals surface area contributed by atoms with Crippen LogP contribution in [0.25, 0.3) is 0 Å². The Kier molecular flexibility index (Phi) is 2.58. The summed E-state index contributed by atoms with van der Waals surface area (Å²) in [7, 11) is 0. The Bertz CT molecular complexity index is 490. The third-order valence-electron chi connectivity index (χ3n) is 3.97. The number of hydrogen-bond donors (Lipinski definition) is 1. The van der Waals surface area contributed by atoms with Gasteiger partial charge in [-0.05, 0) is 30.5 Å². The maximum atomic E-state index is 12.2. The van der Waals surface area contributed by atoms with E-state index in [0.717, 1.165) is 24.8 Å². The standard InChI is InChI=1S/C14H16N2O2/c15-10-4-1-3-9(7-10)8-16-13(17)11-5-2-6-12(11)14(16)18/h1,3-4,7,11-12H,2,5-6,8,15H2. The summed E-state index contributed by atoms with van der Waals surface area (Å²) in [5.74, 6) is -0.105. The molecule has 2 unspecified atom stereocenters. The van der Waals surface area contributed by atoms with Gasteiger partial charge >= 0.3 is 0 Å². The van der Waals surface area contributed by atoms with E-state index in [0.29, 0.717) is 12.2 Å². The first-order chi connectivity index (χ1) is 8.66. The van der Waals surface area contributed by atoms with E-state index in [-0.39, 0.29) is 23.7 Å². The molecule has 2 amide bonds. The van der Waals surface area contributed by atoms with Crippen molar-refractivity contribution >= 4 is 17.5 Å². The zero-order valence-electron chi connectivity index (χ0n) is 10.1. The van der Waals surface area contributed by atoms with E-state index in [9.17, 15) is 9.59 Å². The van der Waals surface area contributed by atoms with Gasteiger partial charge in [0.2, 0.25) is 11.8 Å². The van der Waals surface area contributed by atoms with E-state index < -0.39 is 0 Å². The first kappa shape index (κ1) is 11.3. The van der Waals surface area contributed by atoms with E-state index in [1.165, 1.54) is 4.90 Å². The molecule has 0 spiro atoms. The number of amides is 2. The summed E-state index contributed by atoms with van der Waals surface area (Å²) in [6.45, 7) is 0.357. The molecule has 2 fully saturated rings. The molecule has 2 atom stereocenters. The predicted molar refractivity (Wildman–Crippen MR) is 67.2 cm³/mol. The maximum Gasteiger partial charge on any atom is 0.233 e. The van der Waals surface area contributed by atoms with Crippen molar-refractivity contribution in [3.05, 3.63) is 29.8 Å². The Morgan fingerprint density at radius 3 is 2.44 bits per heavy atom. The molecular formula is C14H16N2O2. The van der Waals surface area contributed by atoms with Crippen LogP contribution in [0.15, 0.2) is 24.3 Å². The second kappa shape index (κ2) is 4.12. The third kappa shape index (κ3) is 1.68. The summed E-state index contributed by atoms with van der Waals surface area (Å²) in [6, 6.07) is 7.35. The SMILES string of the molecule is Nc1cccc(CN2C(=O)C3CCCC3C2=O)c1. The van der Waals surface area contributed by atoms with Crippen molar-refractivity contribution in [1.82, 2.24) is 4.90 Å². The second-order valence-corrected chi connectivity index (χ2v) is 5.15. The number of nitrogens with zero attached hydrogens (tertiary/aromatic N) is 1. The fourth-order valence-electron chi connectivity index (χ4n) is 3.09. The Morgan fingerprint density at radius 1 is 1.17 bits per heavy atom. The van der Waals surface area contributed by atoms with Crippen LogP contribution in [0.4, 0.5) is 5.69 Å². The van der Waals surface area contributed by atoms with Crippen molar-refractivity contribution in [2.24, 2.45) is 11.8 Å². The van der Waals surface area contributed by atoms with Crippen LogP contribution < -0.4 is 5.73 Å². The van der Waals surface area contributed by atoms with Crippen molar-refractivity contribution in [1.29, 1.82) is 0 Å². The summed E-state index contributed by atoms with van der Waals surface area (Å²) >= 11 is 0. The molecule has 0 bridgehead atoms. The minimum Gasteiger partial charge on any atom is -0.399 e. The lowest BCUT2D eigenvalue weighted by atomic mass is 10.00. The highest BCUT2D eigenvalue weighted by atomic mass is 16.2. The molecule has 1 heterocycles. The molecule has 2 aliphatic rings. The minimum atomic E-state index is -0.0569. The van der Waals surface area contributed by atoms with Gasteiger partial charge in [-0.3, -0.25) is 14.5 Å². The van der Waals surface area contributed by atoms with Gasteiger partial charge in [-0.1, -0.05) is 18.6 Å². The fraction of sp³-hybridized carbons (Fsp3) is 0.429. The Labute approximate surface area is 106 Å². The predicted octanol–water partition coefficient (Wildman–Crippen LogP) is 1.55. The van der Waals surface area contributed by atoms with Gasteiger partial charge < -0.3 is 5.73 Å². The fourth-order valence-corrected chi connectivity index (χ4v) is 3.09. The van der Waals surface area contributed by atoms with Gasteiger partial charge in [-0.15, -0.1) is 0 Å². The van der Waals surface area contributed by atoms with Crippen LogP contribution in [0.1, 0.15) is 24.8 Å². The summed E-state index contributed by atoms with van der Waals surface area (Å²) in [4.78, 5) is 25.7. The van der Waals surface area contributed by atoms with Crippen LogP contribution in [0.2, 0.25) is 0 Å². The number of fused-ring (bicyclic) bond motifs is 1. The molecule has 1 aliphatic carbocycles. The van der Waals surface area contributed by atoms with Crippen molar-refractivity contribution < 1.29 is 9.59 Å².